The molecule has 0 aliphatic carbocycles. The summed E-state index contributed by atoms with van der Waals surface area (Å²) in [5.74, 6) is 0.0921. The lowest BCUT2D eigenvalue weighted by Gasteiger charge is -2.03. The van der Waals surface area contributed by atoms with Crippen LogP contribution in [0.4, 0.5) is 14.5 Å². The number of hydrogen-bond donors (Lipinski definition) is 0. The third kappa shape index (κ3) is 3.72. The van der Waals surface area contributed by atoms with Gasteiger partial charge in [-0.1, -0.05) is 18.2 Å². The molecule has 0 fully saturated rings. The molecular weight excluding hydrogens is 338 g/mol. The molecule has 3 aromatic rings. The number of thiazole rings is 1. The van der Waals surface area contributed by atoms with Crippen LogP contribution in [0.15, 0.2) is 42.5 Å². The summed E-state index contributed by atoms with van der Waals surface area (Å²) in [5.41, 5.74) is 1.36. The van der Waals surface area contributed by atoms with Crippen LogP contribution in [-0.2, 0) is 0 Å². The first-order valence-electron chi connectivity index (χ1n) is 6.79. The van der Waals surface area contributed by atoms with Crippen molar-refractivity contribution >= 4 is 39.4 Å². The average Bonchev–Trinajstić information content (AvgIpc) is 2.95. The van der Waals surface area contributed by atoms with Gasteiger partial charge in [-0.05, 0) is 29.8 Å². The number of alkyl halides is 2. The molecule has 8 heteroatoms. The van der Waals surface area contributed by atoms with Gasteiger partial charge in [-0.2, -0.15) is 8.78 Å². The minimum Gasteiger partial charge on any atom is -0.435 e. The molecule has 0 amide bonds. The minimum absolute atomic E-state index is 0.00190. The van der Waals surface area contributed by atoms with E-state index in [1.54, 1.807) is 30.4 Å². The predicted molar refractivity (Wildman–Crippen MR) is 88.3 cm³/mol. The van der Waals surface area contributed by atoms with Crippen LogP contribution in [0.25, 0.3) is 22.4 Å². The van der Waals surface area contributed by atoms with Crippen LogP contribution < -0.4 is 4.74 Å². The van der Waals surface area contributed by atoms with E-state index in [0.717, 1.165) is 10.3 Å². The zero-order valence-corrected chi connectivity index (χ0v) is 12.9. The van der Waals surface area contributed by atoms with Crippen molar-refractivity contribution in [1.29, 1.82) is 0 Å². The molecule has 122 valence electrons. The standard InChI is InChI=1S/C16H10F2N2O3S/c17-16(18)23-12-5-1-10(2-6-12)3-8-15-19-13-9-11(20(21)22)4-7-14(13)24-15/h1-9,16H/b8-3+. The van der Waals surface area contributed by atoms with E-state index < -0.39 is 11.5 Å². The summed E-state index contributed by atoms with van der Waals surface area (Å²) < 4.78 is 29.3. The Morgan fingerprint density at radius 2 is 1.92 bits per heavy atom. The fourth-order valence-corrected chi connectivity index (χ4v) is 2.90. The van der Waals surface area contributed by atoms with Gasteiger partial charge in [-0.25, -0.2) is 4.98 Å². The maximum atomic E-state index is 12.1. The third-order valence-corrected chi connectivity index (χ3v) is 4.12. The Morgan fingerprint density at radius 1 is 1.17 bits per heavy atom. The minimum atomic E-state index is -2.85. The number of non-ortho nitro benzene ring substituents is 1. The monoisotopic (exact) mass is 348 g/mol. The molecule has 5 nitrogen and oxygen atoms in total. The molecule has 2 aromatic carbocycles. The summed E-state index contributed by atoms with van der Waals surface area (Å²) in [6.07, 6.45) is 3.54. The molecule has 0 spiro atoms. The first-order chi connectivity index (χ1) is 11.5. The highest BCUT2D eigenvalue weighted by Gasteiger charge is 2.09. The number of nitro groups is 1. The maximum Gasteiger partial charge on any atom is 0.387 e. The SMILES string of the molecule is O=[N+]([O-])c1ccc2sc(/C=C/c3ccc(OC(F)F)cc3)nc2c1. The first kappa shape index (κ1) is 16.0. The molecular formula is C16H10F2N2O3S. The summed E-state index contributed by atoms with van der Waals surface area (Å²) in [6.45, 7) is -2.85. The van der Waals surface area contributed by atoms with Gasteiger partial charge in [0, 0.05) is 12.1 Å². The van der Waals surface area contributed by atoms with Crippen LogP contribution in [0.5, 0.6) is 5.75 Å². The van der Waals surface area contributed by atoms with E-state index in [-0.39, 0.29) is 11.4 Å². The third-order valence-electron chi connectivity index (χ3n) is 3.12. The number of halogens is 2. The zero-order chi connectivity index (χ0) is 17.1. The van der Waals surface area contributed by atoms with Gasteiger partial charge in [-0.15, -0.1) is 11.3 Å². The van der Waals surface area contributed by atoms with E-state index in [1.165, 1.54) is 35.6 Å². The number of nitrogens with zero attached hydrogens (tertiary/aromatic N) is 2. The number of rotatable bonds is 5. The number of nitro benzene ring substituents is 1. The summed E-state index contributed by atoms with van der Waals surface area (Å²) in [5, 5.41) is 11.5. The van der Waals surface area contributed by atoms with Gasteiger partial charge < -0.3 is 4.74 Å². The smallest absolute Gasteiger partial charge is 0.387 e. The van der Waals surface area contributed by atoms with Gasteiger partial charge in [0.2, 0.25) is 0 Å². The molecule has 0 unspecified atom stereocenters. The Hall–Kier alpha value is -2.87. The number of benzene rings is 2. The molecule has 3 rings (SSSR count). The molecule has 0 N–H and O–H groups in total. The number of aromatic nitrogens is 1. The molecule has 0 atom stereocenters. The van der Waals surface area contributed by atoms with Crippen LogP contribution in [0.1, 0.15) is 10.6 Å². The molecule has 24 heavy (non-hydrogen) atoms. The van der Waals surface area contributed by atoms with Crippen molar-refractivity contribution in [2.24, 2.45) is 0 Å². The topological polar surface area (TPSA) is 65.3 Å². The van der Waals surface area contributed by atoms with Gasteiger partial charge in [-0.3, -0.25) is 10.1 Å². The van der Waals surface area contributed by atoms with Crippen LogP contribution in [0.3, 0.4) is 0 Å². The van der Waals surface area contributed by atoms with Gasteiger partial charge in [0.25, 0.3) is 5.69 Å². The van der Waals surface area contributed by atoms with Crippen LogP contribution in [-0.4, -0.2) is 16.5 Å². The highest BCUT2D eigenvalue weighted by Crippen LogP contribution is 2.27. The second kappa shape index (κ2) is 6.71. The first-order valence-corrected chi connectivity index (χ1v) is 7.61. The molecule has 0 radical (unpaired) electrons. The second-order valence-corrected chi connectivity index (χ2v) is 5.80. The van der Waals surface area contributed by atoms with E-state index in [4.69, 9.17) is 0 Å². The summed E-state index contributed by atoms with van der Waals surface area (Å²) in [7, 11) is 0. The van der Waals surface area contributed by atoms with E-state index >= 15 is 0 Å². The quantitative estimate of drug-likeness (QED) is 0.482. The summed E-state index contributed by atoms with van der Waals surface area (Å²) in [6, 6.07) is 10.7. The Kier molecular flexibility index (Phi) is 4.48. The lowest BCUT2D eigenvalue weighted by molar-refractivity contribution is -0.384. The fraction of sp³-hybridized carbons (Fsp3) is 0.0625. The van der Waals surface area contributed by atoms with Gasteiger partial charge in [0.05, 0.1) is 15.1 Å². The van der Waals surface area contributed by atoms with Crippen molar-refractivity contribution in [1.82, 2.24) is 4.98 Å². The van der Waals surface area contributed by atoms with Gasteiger partial charge >= 0.3 is 6.61 Å². The van der Waals surface area contributed by atoms with E-state index in [9.17, 15) is 18.9 Å². The zero-order valence-electron chi connectivity index (χ0n) is 12.1. The molecule has 0 saturated carbocycles. The highest BCUT2D eigenvalue weighted by molar-refractivity contribution is 7.19. The van der Waals surface area contributed by atoms with E-state index in [0.29, 0.717) is 10.5 Å². The summed E-state index contributed by atoms with van der Waals surface area (Å²) in [4.78, 5) is 14.6. The molecule has 1 heterocycles. The van der Waals surface area contributed by atoms with E-state index in [1.807, 2.05) is 0 Å². The molecule has 0 saturated heterocycles. The lowest BCUT2D eigenvalue weighted by Crippen LogP contribution is -2.01. The molecule has 0 aliphatic heterocycles. The second-order valence-electron chi connectivity index (χ2n) is 4.74. The maximum absolute atomic E-state index is 12.1. The van der Waals surface area contributed by atoms with Gasteiger partial charge in [0.15, 0.2) is 0 Å². The molecule has 0 bridgehead atoms. The molecule has 0 aliphatic rings. The molecule has 1 aromatic heterocycles. The van der Waals surface area contributed by atoms with Crippen molar-refractivity contribution in [3.63, 3.8) is 0 Å². The Balaban J connectivity index is 1.78. The number of ether oxygens (including phenoxy) is 1. The fourth-order valence-electron chi connectivity index (χ4n) is 2.05. The van der Waals surface area contributed by atoms with Crippen molar-refractivity contribution in [3.05, 3.63) is 63.1 Å². The van der Waals surface area contributed by atoms with Gasteiger partial charge in [0.1, 0.15) is 10.8 Å². The normalized spacial score (nSPS) is 11.5. The van der Waals surface area contributed by atoms with Crippen molar-refractivity contribution in [2.45, 2.75) is 6.61 Å². The lowest BCUT2D eigenvalue weighted by atomic mass is 10.2. The average molecular weight is 348 g/mol. The number of fused-ring (bicyclic) bond motifs is 1. The van der Waals surface area contributed by atoms with Crippen molar-refractivity contribution in [2.75, 3.05) is 0 Å². The van der Waals surface area contributed by atoms with Crippen LogP contribution >= 0.6 is 11.3 Å². The van der Waals surface area contributed by atoms with Crippen molar-refractivity contribution < 1.29 is 18.4 Å². The highest BCUT2D eigenvalue weighted by atomic mass is 32.1. The van der Waals surface area contributed by atoms with Crippen LogP contribution in [0, 0.1) is 10.1 Å². The van der Waals surface area contributed by atoms with Crippen LogP contribution in [0.2, 0.25) is 0 Å². The van der Waals surface area contributed by atoms with E-state index in [2.05, 4.69) is 9.72 Å². The Bertz CT molecular complexity index is 907. The summed E-state index contributed by atoms with van der Waals surface area (Å²) >= 11 is 1.40. The predicted octanol–water partition coefficient (Wildman–Crippen LogP) is 4.98. The van der Waals surface area contributed by atoms with Crippen molar-refractivity contribution in [3.8, 4) is 5.75 Å². The Morgan fingerprint density at radius 3 is 2.58 bits per heavy atom. The number of hydrogen-bond acceptors (Lipinski definition) is 5. The Labute approximate surface area is 139 Å². The largest absolute Gasteiger partial charge is 0.435 e.